The monoisotopic (exact) mass is 278 g/mol. The fourth-order valence-electron chi connectivity index (χ4n) is 1.21. The number of hydrogen-bond acceptors (Lipinski definition) is 1. The van der Waals surface area contributed by atoms with E-state index in [1.165, 1.54) is 0 Å². The van der Waals surface area contributed by atoms with Crippen LogP contribution in [-0.4, -0.2) is 5.24 Å². The highest BCUT2D eigenvalue weighted by atomic mass is 35.5. The standard InChI is InChI=1S/C13H11ClO.2C2H6/c1-3-4-7-10(2)11-8-5-6-9-12(11)13(14)15;2*1-2/h3-9H,1-2H2;2*1-2H3/b7-4-;;. The van der Waals surface area contributed by atoms with Gasteiger partial charge in [-0.1, -0.05) is 77.3 Å². The van der Waals surface area contributed by atoms with Crippen molar-refractivity contribution in [2.75, 3.05) is 0 Å². The van der Waals surface area contributed by atoms with Crippen molar-refractivity contribution in [3.63, 3.8) is 0 Å². The van der Waals surface area contributed by atoms with E-state index >= 15 is 0 Å². The average molecular weight is 279 g/mol. The van der Waals surface area contributed by atoms with Gasteiger partial charge in [-0.3, -0.25) is 4.79 Å². The van der Waals surface area contributed by atoms with Crippen LogP contribution < -0.4 is 0 Å². The van der Waals surface area contributed by atoms with Crippen molar-refractivity contribution < 1.29 is 4.79 Å². The maximum absolute atomic E-state index is 11.1. The van der Waals surface area contributed by atoms with Crippen molar-refractivity contribution in [1.82, 2.24) is 0 Å². The van der Waals surface area contributed by atoms with Crippen LogP contribution in [-0.2, 0) is 0 Å². The van der Waals surface area contributed by atoms with E-state index in [4.69, 9.17) is 11.6 Å². The van der Waals surface area contributed by atoms with E-state index in [1.54, 1.807) is 30.4 Å². The summed E-state index contributed by atoms with van der Waals surface area (Å²) in [5.74, 6) is 0. The molecule has 19 heavy (non-hydrogen) atoms. The zero-order chi connectivity index (χ0) is 15.3. The zero-order valence-electron chi connectivity index (χ0n) is 12.2. The van der Waals surface area contributed by atoms with E-state index in [0.29, 0.717) is 5.56 Å². The van der Waals surface area contributed by atoms with Crippen LogP contribution in [0.25, 0.3) is 5.57 Å². The molecule has 0 saturated carbocycles. The minimum atomic E-state index is -0.473. The van der Waals surface area contributed by atoms with Crippen molar-refractivity contribution >= 4 is 22.4 Å². The van der Waals surface area contributed by atoms with Gasteiger partial charge in [-0.25, -0.2) is 0 Å². The van der Waals surface area contributed by atoms with Crippen LogP contribution in [0.2, 0.25) is 0 Å². The summed E-state index contributed by atoms with van der Waals surface area (Å²) in [5.41, 5.74) is 1.95. The SMILES string of the molecule is C=C/C=C\C(=C)c1ccccc1C(=O)Cl.CC.CC. The summed E-state index contributed by atoms with van der Waals surface area (Å²) < 4.78 is 0. The van der Waals surface area contributed by atoms with Gasteiger partial charge in [-0.2, -0.15) is 0 Å². The predicted octanol–water partition coefficient (Wildman–Crippen LogP) is 5.87. The third-order valence-electron chi connectivity index (χ3n) is 1.92. The Kier molecular flexibility index (Phi) is 13.3. The second-order valence-corrected chi connectivity index (χ2v) is 3.28. The molecule has 0 unspecified atom stereocenters. The number of carbonyl (C=O) groups excluding carboxylic acids is 1. The van der Waals surface area contributed by atoms with Crippen LogP contribution in [0.4, 0.5) is 0 Å². The van der Waals surface area contributed by atoms with Gasteiger partial charge in [0.1, 0.15) is 0 Å². The van der Waals surface area contributed by atoms with Crippen molar-refractivity contribution in [2.24, 2.45) is 0 Å². The maximum atomic E-state index is 11.1. The Bertz CT molecular complexity index is 431. The third-order valence-corrected chi connectivity index (χ3v) is 2.12. The fourth-order valence-corrected chi connectivity index (χ4v) is 1.37. The van der Waals surface area contributed by atoms with E-state index in [1.807, 2.05) is 39.8 Å². The number of halogens is 1. The largest absolute Gasteiger partial charge is 0.276 e. The quantitative estimate of drug-likeness (QED) is 0.497. The fraction of sp³-hybridized carbons (Fsp3) is 0.235. The molecule has 0 aliphatic rings. The third kappa shape index (κ3) is 7.43. The molecular weight excluding hydrogens is 256 g/mol. The van der Waals surface area contributed by atoms with Gasteiger partial charge in [0.25, 0.3) is 5.24 Å². The summed E-state index contributed by atoms with van der Waals surface area (Å²) in [6.45, 7) is 15.4. The van der Waals surface area contributed by atoms with Crippen molar-refractivity contribution in [1.29, 1.82) is 0 Å². The molecule has 0 heterocycles. The first-order valence-corrected chi connectivity index (χ1v) is 6.82. The first-order chi connectivity index (χ1) is 9.16. The van der Waals surface area contributed by atoms with E-state index in [-0.39, 0.29) is 0 Å². The topological polar surface area (TPSA) is 17.1 Å². The Morgan fingerprint density at radius 2 is 1.58 bits per heavy atom. The molecule has 0 aromatic heterocycles. The maximum Gasteiger partial charge on any atom is 0.253 e. The molecule has 0 fully saturated rings. The molecule has 1 aromatic rings. The Morgan fingerprint density at radius 1 is 1.11 bits per heavy atom. The Balaban J connectivity index is 0. The number of benzene rings is 1. The van der Waals surface area contributed by atoms with E-state index < -0.39 is 5.24 Å². The molecule has 0 spiro atoms. The lowest BCUT2D eigenvalue weighted by Crippen LogP contribution is -1.94. The summed E-state index contributed by atoms with van der Waals surface area (Å²) in [6.07, 6.45) is 5.19. The minimum Gasteiger partial charge on any atom is -0.276 e. The molecular formula is C17H23ClO. The molecule has 0 N–H and O–H groups in total. The zero-order valence-corrected chi connectivity index (χ0v) is 13.0. The summed E-state index contributed by atoms with van der Waals surface area (Å²) in [4.78, 5) is 11.1. The number of rotatable bonds is 4. The second kappa shape index (κ2) is 12.8. The molecule has 1 rings (SSSR count). The molecule has 0 saturated heterocycles. The molecule has 104 valence electrons. The van der Waals surface area contributed by atoms with Gasteiger partial charge in [-0.15, -0.1) is 0 Å². The lowest BCUT2D eigenvalue weighted by Gasteiger charge is -2.04. The number of allylic oxidation sites excluding steroid dienone is 4. The van der Waals surface area contributed by atoms with E-state index in [0.717, 1.165) is 11.1 Å². The van der Waals surface area contributed by atoms with Gasteiger partial charge < -0.3 is 0 Å². The van der Waals surface area contributed by atoms with Crippen molar-refractivity contribution in [2.45, 2.75) is 27.7 Å². The normalized spacial score (nSPS) is 8.68. The highest BCUT2D eigenvalue weighted by Crippen LogP contribution is 2.20. The molecule has 0 atom stereocenters. The Morgan fingerprint density at radius 3 is 2.00 bits per heavy atom. The van der Waals surface area contributed by atoms with Gasteiger partial charge in [0.05, 0.1) is 0 Å². The molecule has 1 aromatic carbocycles. The first kappa shape index (κ1) is 19.7. The van der Waals surface area contributed by atoms with Crippen LogP contribution in [0.3, 0.4) is 0 Å². The summed E-state index contributed by atoms with van der Waals surface area (Å²) in [6, 6.07) is 7.10. The lowest BCUT2D eigenvalue weighted by atomic mass is 10.0. The molecule has 0 amide bonds. The molecule has 2 heteroatoms. The second-order valence-electron chi connectivity index (χ2n) is 2.94. The Hall–Kier alpha value is -1.60. The highest BCUT2D eigenvalue weighted by molar-refractivity contribution is 6.68. The number of hydrogen-bond donors (Lipinski definition) is 0. The number of carbonyl (C=O) groups is 1. The van der Waals surface area contributed by atoms with Crippen molar-refractivity contribution in [3.05, 3.63) is 66.8 Å². The van der Waals surface area contributed by atoms with Gasteiger partial charge in [-0.05, 0) is 28.8 Å². The van der Waals surface area contributed by atoms with Gasteiger partial charge >= 0.3 is 0 Å². The predicted molar refractivity (Wildman–Crippen MR) is 87.7 cm³/mol. The summed E-state index contributed by atoms with van der Waals surface area (Å²) in [7, 11) is 0. The summed E-state index contributed by atoms with van der Waals surface area (Å²) in [5, 5.41) is -0.473. The smallest absolute Gasteiger partial charge is 0.253 e. The molecule has 0 bridgehead atoms. The van der Waals surface area contributed by atoms with Gasteiger partial charge in [0, 0.05) is 5.56 Å². The first-order valence-electron chi connectivity index (χ1n) is 6.44. The summed E-state index contributed by atoms with van der Waals surface area (Å²) >= 11 is 5.46. The molecule has 0 aliphatic carbocycles. The van der Waals surface area contributed by atoms with Crippen LogP contribution in [0.15, 0.2) is 55.7 Å². The van der Waals surface area contributed by atoms with E-state index in [2.05, 4.69) is 13.2 Å². The van der Waals surface area contributed by atoms with Crippen LogP contribution in [0.5, 0.6) is 0 Å². The average Bonchev–Trinajstić information content (AvgIpc) is 2.48. The van der Waals surface area contributed by atoms with Crippen LogP contribution in [0, 0.1) is 0 Å². The lowest BCUT2D eigenvalue weighted by molar-refractivity contribution is 0.108. The molecule has 0 aliphatic heterocycles. The van der Waals surface area contributed by atoms with Gasteiger partial charge in [0.15, 0.2) is 0 Å². The van der Waals surface area contributed by atoms with E-state index in [9.17, 15) is 4.79 Å². The van der Waals surface area contributed by atoms with Crippen LogP contribution >= 0.6 is 11.6 Å². The van der Waals surface area contributed by atoms with Crippen LogP contribution in [0.1, 0.15) is 43.6 Å². The molecule has 1 nitrogen and oxygen atoms in total. The molecule has 0 radical (unpaired) electrons. The highest BCUT2D eigenvalue weighted by Gasteiger charge is 2.08. The minimum absolute atomic E-state index is 0.470. The van der Waals surface area contributed by atoms with Gasteiger partial charge in [0.2, 0.25) is 0 Å². The Labute approximate surface area is 122 Å². The van der Waals surface area contributed by atoms with Crippen molar-refractivity contribution in [3.8, 4) is 0 Å².